The normalized spacial score (nSPS) is 18.2. The van der Waals surface area contributed by atoms with Crippen LogP contribution in [0, 0.1) is 0 Å². The van der Waals surface area contributed by atoms with Crippen LogP contribution in [0.4, 0.5) is 5.69 Å². The number of benzene rings is 2. The standard InChI is InChI=1S/C22H15N3O5S/c1-12(26)23-14-8-6-13(7-9-14)10-17-20(28)25(22(31)24-17)11-16-19(27)15-4-2-3-5-18(15)30-21(16)29/h2-11H,1H3,(H,23,26)(H,24,31)/b16-11-,17-10-. The number of nitrogens with zero attached hydrogens (tertiary/aromatic N) is 1. The highest BCUT2D eigenvalue weighted by atomic mass is 32.1. The zero-order valence-corrected chi connectivity index (χ0v) is 17.0. The Labute approximate surface area is 182 Å². The molecule has 0 radical (unpaired) electrons. The number of rotatable bonds is 3. The van der Waals surface area contributed by atoms with E-state index in [1.165, 1.54) is 19.1 Å². The number of Topliss-reactive ketones (excluding diaryl/α,β-unsaturated/α-hetero) is 1. The summed E-state index contributed by atoms with van der Waals surface area (Å²) in [5, 5.41) is 5.46. The fraction of sp³-hybridized carbons (Fsp3) is 0.0455. The van der Waals surface area contributed by atoms with E-state index in [0.29, 0.717) is 11.3 Å². The summed E-state index contributed by atoms with van der Waals surface area (Å²) in [4.78, 5) is 49.9. The Hall–Kier alpha value is -4.11. The molecule has 2 aliphatic rings. The molecular formula is C22H15N3O5S. The van der Waals surface area contributed by atoms with Gasteiger partial charge in [0.15, 0.2) is 5.11 Å². The third kappa shape index (κ3) is 3.99. The van der Waals surface area contributed by atoms with Crippen LogP contribution in [0.2, 0.25) is 0 Å². The van der Waals surface area contributed by atoms with E-state index in [4.69, 9.17) is 17.0 Å². The Bertz CT molecular complexity index is 1210. The molecule has 9 heteroatoms. The molecule has 154 valence electrons. The molecule has 2 aromatic rings. The minimum Gasteiger partial charge on any atom is -0.422 e. The smallest absolute Gasteiger partial charge is 0.349 e. The summed E-state index contributed by atoms with van der Waals surface area (Å²) in [5.41, 5.74) is 1.42. The van der Waals surface area contributed by atoms with E-state index < -0.39 is 17.7 Å². The molecule has 2 heterocycles. The van der Waals surface area contributed by atoms with Gasteiger partial charge in [0.1, 0.15) is 17.0 Å². The molecule has 31 heavy (non-hydrogen) atoms. The third-order valence-electron chi connectivity index (χ3n) is 4.51. The van der Waals surface area contributed by atoms with E-state index in [0.717, 1.165) is 11.1 Å². The number of nitrogens with one attached hydrogen (secondary N) is 2. The molecule has 0 aliphatic carbocycles. The molecule has 0 spiro atoms. The Morgan fingerprint density at radius 1 is 1.10 bits per heavy atom. The van der Waals surface area contributed by atoms with Crippen LogP contribution in [0.1, 0.15) is 22.8 Å². The van der Waals surface area contributed by atoms with Gasteiger partial charge in [0, 0.05) is 18.8 Å². The molecule has 1 fully saturated rings. The maximum atomic E-state index is 12.8. The van der Waals surface area contributed by atoms with Crippen molar-refractivity contribution >= 4 is 52.7 Å². The van der Waals surface area contributed by atoms with Gasteiger partial charge in [-0.15, -0.1) is 0 Å². The molecule has 4 rings (SSSR count). The van der Waals surface area contributed by atoms with E-state index >= 15 is 0 Å². The van der Waals surface area contributed by atoms with Crippen molar-refractivity contribution in [3.05, 3.63) is 77.1 Å². The van der Waals surface area contributed by atoms with Gasteiger partial charge in [-0.1, -0.05) is 24.3 Å². The number of thiocarbonyl (C=S) groups is 1. The highest BCUT2D eigenvalue weighted by Crippen LogP contribution is 2.28. The number of amides is 2. The van der Waals surface area contributed by atoms with Crippen molar-refractivity contribution in [2.24, 2.45) is 0 Å². The minimum absolute atomic E-state index is 0.0260. The van der Waals surface area contributed by atoms with Gasteiger partial charge in [-0.05, 0) is 48.1 Å². The molecule has 1 saturated heterocycles. The number of hydrogen-bond donors (Lipinski definition) is 2. The minimum atomic E-state index is -0.856. The molecule has 2 aliphatic heterocycles. The van der Waals surface area contributed by atoms with E-state index in [9.17, 15) is 19.2 Å². The summed E-state index contributed by atoms with van der Waals surface area (Å²) in [6, 6.07) is 13.2. The Kier molecular flexibility index (Phi) is 5.18. The molecule has 0 saturated carbocycles. The number of fused-ring (bicyclic) bond motifs is 1. The van der Waals surface area contributed by atoms with Gasteiger partial charge in [-0.25, -0.2) is 4.79 Å². The van der Waals surface area contributed by atoms with E-state index in [1.807, 2.05) is 0 Å². The lowest BCUT2D eigenvalue weighted by Gasteiger charge is -2.18. The third-order valence-corrected chi connectivity index (χ3v) is 4.81. The van der Waals surface area contributed by atoms with Crippen molar-refractivity contribution < 1.29 is 23.9 Å². The van der Waals surface area contributed by atoms with E-state index in [-0.39, 0.29) is 33.6 Å². The second-order valence-corrected chi connectivity index (χ2v) is 7.11. The van der Waals surface area contributed by atoms with Crippen molar-refractivity contribution in [1.82, 2.24) is 10.2 Å². The fourth-order valence-electron chi connectivity index (χ4n) is 3.07. The van der Waals surface area contributed by atoms with Crippen LogP contribution in [0.25, 0.3) is 6.08 Å². The highest BCUT2D eigenvalue weighted by Gasteiger charge is 2.35. The summed E-state index contributed by atoms with van der Waals surface area (Å²) in [6.45, 7) is 1.41. The van der Waals surface area contributed by atoms with Gasteiger partial charge >= 0.3 is 5.97 Å². The van der Waals surface area contributed by atoms with Crippen molar-refractivity contribution in [2.75, 3.05) is 5.32 Å². The fourth-order valence-corrected chi connectivity index (χ4v) is 3.32. The van der Waals surface area contributed by atoms with Crippen LogP contribution >= 0.6 is 12.2 Å². The van der Waals surface area contributed by atoms with Crippen LogP contribution in [-0.2, 0) is 14.4 Å². The lowest BCUT2D eigenvalue weighted by atomic mass is 10.0. The van der Waals surface area contributed by atoms with E-state index in [2.05, 4.69) is 10.6 Å². The molecule has 2 aromatic carbocycles. The SMILES string of the molecule is CC(=O)Nc1ccc(/C=C2\NC(=S)N(/C=C3\C(=O)Oc4ccccc4C3=O)C2=O)cc1. The predicted octanol–water partition coefficient (Wildman–Crippen LogP) is 2.39. The number of anilines is 1. The van der Waals surface area contributed by atoms with Crippen molar-refractivity contribution in [3.8, 4) is 5.75 Å². The molecule has 0 unspecified atom stereocenters. The van der Waals surface area contributed by atoms with E-state index in [1.54, 1.807) is 42.5 Å². The average molecular weight is 433 g/mol. The topological polar surface area (TPSA) is 105 Å². The van der Waals surface area contributed by atoms with Gasteiger partial charge in [-0.2, -0.15) is 0 Å². The Morgan fingerprint density at radius 3 is 2.52 bits per heavy atom. The van der Waals surface area contributed by atoms with Crippen LogP contribution in [0.3, 0.4) is 0 Å². The maximum Gasteiger partial charge on any atom is 0.349 e. The number of carbonyl (C=O) groups excluding carboxylic acids is 4. The Balaban J connectivity index is 1.59. The Morgan fingerprint density at radius 2 is 1.81 bits per heavy atom. The summed E-state index contributed by atoms with van der Waals surface area (Å²) in [6.07, 6.45) is 2.67. The lowest BCUT2D eigenvalue weighted by molar-refractivity contribution is -0.130. The number of ketones is 1. The first-order valence-corrected chi connectivity index (χ1v) is 9.56. The van der Waals surface area contributed by atoms with Gasteiger partial charge in [0.25, 0.3) is 5.91 Å². The number of hydrogen-bond acceptors (Lipinski definition) is 6. The van der Waals surface area contributed by atoms with Crippen molar-refractivity contribution in [3.63, 3.8) is 0 Å². The number of ether oxygens (including phenoxy) is 1. The summed E-state index contributed by atoms with van der Waals surface area (Å²) in [5.74, 6) is -1.95. The summed E-state index contributed by atoms with van der Waals surface area (Å²) in [7, 11) is 0. The van der Waals surface area contributed by atoms with Crippen LogP contribution in [-0.4, -0.2) is 33.6 Å². The number of esters is 1. The second-order valence-electron chi connectivity index (χ2n) is 6.72. The predicted molar refractivity (Wildman–Crippen MR) is 116 cm³/mol. The van der Waals surface area contributed by atoms with Gasteiger partial charge in [0.2, 0.25) is 11.7 Å². The zero-order valence-electron chi connectivity index (χ0n) is 16.2. The second kappa shape index (κ2) is 7.96. The molecule has 0 atom stereocenters. The average Bonchev–Trinajstić information content (AvgIpc) is 2.99. The zero-order chi connectivity index (χ0) is 22.1. The van der Waals surface area contributed by atoms with Gasteiger partial charge < -0.3 is 15.4 Å². The molecule has 0 aromatic heterocycles. The lowest BCUT2D eigenvalue weighted by Crippen LogP contribution is -2.31. The van der Waals surface area contributed by atoms with Crippen molar-refractivity contribution in [2.45, 2.75) is 6.92 Å². The monoisotopic (exact) mass is 433 g/mol. The molecule has 2 amide bonds. The molecule has 2 N–H and O–H groups in total. The van der Waals surface area contributed by atoms with Gasteiger partial charge in [0.05, 0.1) is 5.56 Å². The first-order chi connectivity index (χ1) is 14.8. The molecule has 8 nitrogen and oxygen atoms in total. The quantitative estimate of drug-likeness (QED) is 0.252. The summed E-state index contributed by atoms with van der Waals surface area (Å²) >= 11 is 5.20. The molecular weight excluding hydrogens is 418 g/mol. The van der Waals surface area contributed by atoms with Crippen LogP contribution in [0.5, 0.6) is 5.75 Å². The summed E-state index contributed by atoms with van der Waals surface area (Å²) < 4.78 is 5.18. The maximum absolute atomic E-state index is 12.8. The number of para-hydroxylation sites is 1. The number of carbonyl (C=O) groups is 4. The first-order valence-electron chi connectivity index (χ1n) is 9.15. The highest BCUT2D eigenvalue weighted by molar-refractivity contribution is 7.80. The first kappa shape index (κ1) is 20.2. The van der Waals surface area contributed by atoms with Crippen LogP contribution in [0.15, 0.2) is 66.0 Å². The van der Waals surface area contributed by atoms with Crippen LogP contribution < -0.4 is 15.4 Å². The van der Waals surface area contributed by atoms with Crippen molar-refractivity contribution in [1.29, 1.82) is 0 Å². The largest absolute Gasteiger partial charge is 0.422 e. The van der Waals surface area contributed by atoms with Gasteiger partial charge in [-0.3, -0.25) is 19.3 Å². The molecule has 0 bridgehead atoms.